The van der Waals surface area contributed by atoms with Gasteiger partial charge >= 0.3 is 0 Å². The maximum absolute atomic E-state index is 13.1. The average molecular weight is 489 g/mol. The second-order valence-corrected chi connectivity index (χ2v) is 10.1. The first-order valence-corrected chi connectivity index (χ1v) is 13.3. The minimum atomic E-state index is -0.127. The van der Waals surface area contributed by atoms with Crippen molar-refractivity contribution >= 4 is 17.7 Å². The van der Waals surface area contributed by atoms with Crippen molar-refractivity contribution in [3.8, 4) is 0 Å². The standard InChI is InChI=1S/C28H32N4O2S/c33-28(25-21-35-27(30-25)24-12-7-13-29-20-24)32-16-14-31(15-17-32)18-19-34-26(22-8-3-1-4-9-22)23-10-5-2-6-11-23/h1-13,20,25-27,30H,14-19,21H2. The molecule has 1 amide bonds. The summed E-state index contributed by atoms with van der Waals surface area (Å²) in [4.78, 5) is 21.7. The van der Waals surface area contributed by atoms with Gasteiger partial charge in [0.25, 0.3) is 0 Å². The highest BCUT2D eigenvalue weighted by Gasteiger charge is 2.34. The Morgan fingerprint density at radius 3 is 2.29 bits per heavy atom. The van der Waals surface area contributed by atoms with Gasteiger partial charge in [0, 0.05) is 50.9 Å². The number of carbonyl (C=O) groups is 1. The predicted octanol–water partition coefficient (Wildman–Crippen LogP) is 3.74. The lowest BCUT2D eigenvalue weighted by Gasteiger charge is -2.36. The van der Waals surface area contributed by atoms with E-state index in [0.29, 0.717) is 6.61 Å². The number of aromatic nitrogens is 1. The molecule has 35 heavy (non-hydrogen) atoms. The Labute approximate surface area is 211 Å². The fourth-order valence-corrected chi connectivity index (χ4v) is 5.91. The SMILES string of the molecule is O=C(C1CSC(c2cccnc2)N1)N1CCN(CCOC(c2ccccc2)c2ccccc2)CC1. The molecule has 182 valence electrons. The minimum absolute atomic E-state index is 0.0704. The summed E-state index contributed by atoms with van der Waals surface area (Å²) < 4.78 is 6.39. The molecule has 2 unspecified atom stereocenters. The summed E-state index contributed by atoms with van der Waals surface area (Å²) in [6.07, 6.45) is 3.58. The first-order chi connectivity index (χ1) is 17.3. The van der Waals surface area contributed by atoms with Crippen LogP contribution in [0, 0.1) is 0 Å². The molecule has 0 aliphatic carbocycles. The minimum Gasteiger partial charge on any atom is -0.367 e. The zero-order valence-electron chi connectivity index (χ0n) is 19.8. The number of ether oxygens (including phenoxy) is 1. The quantitative estimate of drug-likeness (QED) is 0.521. The highest BCUT2D eigenvalue weighted by molar-refractivity contribution is 7.99. The van der Waals surface area contributed by atoms with Gasteiger partial charge in [-0.1, -0.05) is 66.7 Å². The molecule has 0 spiro atoms. The van der Waals surface area contributed by atoms with Crippen LogP contribution in [0.1, 0.15) is 28.2 Å². The number of hydrogen-bond acceptors (Lipinski definition) is 6. The predicted molar refractivity (Wildman–Crippen MR) is 140 cm³/mol. The van der Waals surface area contributed by atoms with Gasteiger partial charge < -0.3 is 9.64 Å². The van der Waals surface area contributed by atoms with E-state index in [1.165, 1.54) is 11.1 Å². The second kappa shape index (κ2) is 11.8. The van der Waals surface area contributed by atoms with Gasteiger partial charge in [0.15, 0.2) is 0 Å². The van der Waals surface area contributed by atoms with Gasteiger partial charge in [-0.3, -0.25) is 20.0 Å². The zero-order chi connectivity index (χ0) is 23.9. The summed E-state index contributed by atoms with van der Waals surface area (Å²) in [6.45, 7) is 4.79. The molecular formula is C28H32N4O2S. The van der Waals surface area contributed by atoms with E-state index in [2.05, 4.69) is 69.8 Å². The molecule has 1 N–H and O–H groups in total. The third-order valence-corrected chi connectivity index (χ3v) is 7.92. The molecule has 0 bridgehead atoms. The molecule has 3 heterocycles. The Hall–Kier alpha value is -2.71. The number of pyridine rings is 1. The van der Waals surface area contributed by atoms with E-state index in [-0.39, 0.29) is 23.4 Å². The lowest BCUT2D eigenvalue weighted by molar-refractivity contribution is -0.134. The summed E-state index contributed by atoms with van der Waals surface area (Å²) in [5.74, 6) is 1.01. The summed E-state index contributed by atoms with van der Waals surface area (Å²) >= 11 is 1.78. The van der Waals surface area contributed by atoms with Crippen molar-refractivity contribution in [2.45, 2.75) is 17.5 Å². The Bertz CT molecular complexity index is 1020. The Balaban J connectivity index is 1.09. The second-order valence-electron chi connectivity index (χ2n) is 8.96. The number of rotatable bonds is 8. The van der Waals surface area contributed by atoms with Crippen LogP contribution >= 0.6 is 11.8 Å². The maximum Gasteiger partial charge on any atom is 0.240 e. The van der Waals surface area contributed by atoms with Crippen LogP contribution in [-0.2, 0) is 9.53 Å². The molecule has 2 atom stereocenters. The highest BCUT2D eigenvalue weighted by Crippen LogP contribution is 2.33. The molecule has 2 aromatic carbocycles. The number of nitrogens with zero attached hydrogens (tertiary/aromatic N) is 3. The fraction of sp³-hybridized carbons (Fsp3) is 0.357. The molecule has 5 rings (SSSR count). The van der Waals surface area contributed by atoms with Crippen LogP contribution in [0.25, 0.3) is 0 Å². The van der Waals surface area contributed by atoms with Crippen molar-refractivity contribution in [3.05, 3.63) is 102 Å². The van der Waals surface area contributed by atoms with Crippen LogP contribution < -0.4 is 5.32 Å². The van der Waals surface area contributed by atoms with Gasteiger partial charge in [-0.05, 0) is 22.8 Å². The first-order valence-electron chi connectivity index (χ1n) is 12.3. The summed E-state index contributed by atoms with van der Waals surface area (Å²) in [5, 5.41) is 3.63. The fourth-order valence-electron chi connectivity index (χ4n) is 4.69. The van der Waals surface area contributed by atoms with E-state index in [1.54, 1.807) is 18.0 Å². The Morgan fingerprint density at radius 1 is 0.971 bits per heavy atom. The number of amides is 1. The van der Waals surface area contributed by atoms with Gasteiger partial charge in [-0.2, -0.15) is 0 Å². The number of nitrogens with one attached hydrogen (secondary N) is 1. The van der Waals surface area contributed by atoms with Crippen molar-refractivity contribution < 1.29 is 9.53 Å². The summed E-state index contributed by atoms with van der Waals surface area (Å²) in [7, 11) is 0. The highest BCUT2D eigenvalue weighted by atomic mass is 32.2. The van der Waals surface area contributed by atoms with Gasteiger partial charge in [0.2, 0.25) is 5.91 Å². The largest absolute Gasteiger partial charge is 0.367 e. The number of benzene rings is 2. The van der Waals surface area contributed by atoms with E-state index in [1.807, 2.05) is 29.3 Å². The number of thioether (sulfide) groups is 1. The van der Waals surface area contributed by atoms with E-state index >= 15 is 0 Å². The zero-order valence-corrected chi connectivity index (χ0v) is 20.6. The van der Waals surface area contributed by atoms with Gasteiger partial charge in [0.1, 0.15) is 6.10 Å². The third kappa shape index (κ3) is 6.11. The normalized spacial score (nSPS) is 20.9. The van der Waals surface area contributed by atoms with E-state index in [4.69, 9.17) is 4.74 Å². The van der Waals surface area contributed by atoms with Crippen molar-refractivity contribution in [2.75, 3.05) is 45.1 Å². The lowest BCUT2D eigenvalue weighted by atomic mass is 10.0. The molecule has 6 nitrogen and oxygen atoms in total. The molecule has 2 fully saturated rings. The summed E-state index contributed by atoms with van der Waals surface area (Å²) in [6, 6.07) is 24.7. The van der Waals surface area contributed by atoms with Crippen molar-refractivity contribution in [2.24, 2.45) is 0 Å². The molecule has 2 aliphatic rings. The van der Waals surface area contributed by atoms with Crippen molar-refractivity contribution in [1.82, 2.24) is 20.1 Å². The smallest absolute Gasteiger partial charge is 0.240 e. The number of carbonyl (C=O) groups excluding carboxylic acids is 1. The van der Waals surface area contributed by atoms with E-state index in [9.17, 15) is 4.79 Å². The monoisotopic (exact) mass is 488 g/mol. The van der Waals surface area contributed by atoms with E-state index < -0.39 is 0 Å². The molecular weight excluding hydrogens is 456 g/mol. The topological polar surface area (TPSA) is 57.7 Å². The molecule has 1 aromatic heterocycles. The van der Waals surface area contributed by atoms with Crippen LogP contribution in [0.3, 0.4) is 0 Å². The van der Waals surface area contributed by atoms with Crippen molar-refractivity contribution in [1.29, 1.82) is 0 Å². The van der Waals surface area contributed by atoms with Gasteiger partial charge in [-0.25, -0.2) is 0 Å². The molecule has 7 heteroatoms. The Kier molecular flexibility index (Phi) is 8.10. The van der Waals surface area contributed by atoms with Crippen LogP contribution in [0.15, 0.2) is 85.2 Å². The molecule has 2 aliphatic heterocycles. The maximum atomic E-state index is 13.1. The Morgan fingerprint density at radius 2 is 1.66 bits per heavy atom. The average Bonchev–Trinajstić information content (AvgIpc) is 3.43. The molecule has 3 aromatic rings. The molecule has 0 saturated carbocycles. The number of piperazine rings is 1. The lowest BCUT2D eigenvalue weighted by Crippen LogP contribution is -2.54. The van der Waals surface area contributed by atoms with Gasteiger partial charge in [-0.15, -0.1) is 11.8 Å². The van der Waals surface area contributed by atoms with Crippen LogP contribution in [0.5, 0.6) is 0 Å². The van der Waals surface area contributed by atoms with Crippen molar-refractivity contribution in [3.63, 3.8) is 0 Å². The summed E-state index contributed by atoms with van der Waals surface area (Å²) in [5.41, 5.74) is 3.46. The van der Waals surface area contributed by atoms with Crippen LogP contribution in [-0.4, -0.2) is 71.8 Å². The first kappa shape index (κ1) is 24.0. The van der Waals surface area contributed by atoms with E-state index in [0.717, 1.165) is 44.0 Å². The molecule has 2 saturated heterocycles. The molecule has 0 radical (unpaired) electrons. The van der Waals surface area contributed by atoms with Crippen LogP contribution in [0.4, 0.5) is 0 Å². The number of hydrogen-bond donors (Lipinski definition) is 1. The third-order valence-electron chi connectivity index (χ3n) is 6.65. The van der Waals surface area contributed by atoms with Gasteiger partial charge in [0.05, 0.1) is 18.0 Å². The van der Waals surface area contributed by atoms with Crippen LogP contribution in [0.2, 0.25) is 0 Å².